The summed E-state index contributed by atoms with van der Waals surface area (Å²) in [7, 11) is 0. The predicted molar refractivity (Wildman–Crippen MR) is 87.6 cm³/mol. The molecule has 0 bridgehead atoms. The van der Waals surface area contributed by atoms with Crippen LogP contribution in [-0.2, 0) is 0 Å². The Hall–Kier alpha value is -1.73. The molecular formula is C14H10Br2N2O3. The lowest BCUT2D eigenvalue weighted by atomic mass is 10.1. The highest BCUT2D eigenvalue weighted by Gasteiger charge is 2.18. The van der Waals surface area contributed by atoms with Crippen LogP contribution in [0.1, 0.15) is 15.9 Å². The van der Waals surface area contributed by atoms with E-state index in [9.17, 15) is 14.9 Å². The first kappa shape index (κ1) is 15.7. The molecule has 7 heteroatoms. The topological polar surface area (TPSA) is 72.2 Å². The number of carbonyl (C=O) groups excluding carboxylic acids is 1. The van der Waals surface area contributed by atoms with Crippen molar-refractivity contribution in [2.45, 2.75) is 6.92 Å². The van der Waals surface area contributed by atoms with Crippen LogP contribution in [0.3, 0.4) is 0 Å². The minimum Gasteiger partial charge on any atom is -0.316 e. The molecule has 2 rings (SSSR count). The van der Waals surface area contributed by atoms with Gasteiger partial charge in [-0.2, -0.15) is 0 Å². The zero-order valence-corrected chi connectivity index (χ0v) is 14.1. The fourth-order valence-electron chi connectivity index (χ4n) is 1.76. The molecule has 1 N–H and O–H groups in total. The average Bonchev–Trinajstić information content (AvgIpc) is 2.43. The Kier molecular flexibility index (Phi) is 4.74. The number of hydrogen-bond donors (Lipinski definition) is 1. The largest absolute Gasteiger partial charge is 0.316 e. The molecule has 0 fully saturated rings. The molecule has 21 heavy (non-hydrogen) atoms. The number of nitro groups is 1. The Morgan fingerprint density at radius 2 is 1.90 bits per heavy atom. The minimum absolute atomic E-state index is 0.154. The first-order valence-electron chi connectivity index (χ1n) is 5.90. The van der Waals surface area contributed by atoms with Crippen LogP contribution in [-0.4, -0.2) is 10.8 Å². The summed E-state index contributed by atoms with van der Waals surface area (Å²) in [6, 6.07) is 9.81. The number of amides is 1. The molecule has 0 heterocycles. The summed E-state index contributed by atoms with van der Waals surface area (Å²) in [6.07, 6.45) is 0. The van der Waals surface area contributed by atoms with Crippen molar-refractivity contribution in [3.05, 3.63) is 66.6 Å². The van der Waals surface area contributed by atoms with Gasteiger partial charge in [0.2, 0.25) is 0 Å². The van der Waals surface area contributed by atoms with E-state index in [1.807, 2.05) is 13.0 Å². The van der Waals surface area contributed by atoms with Crippen molar-refractivity contribution in [3.8, 4) is 0 Å². The SMILES string of the molecule is Cc1ccc(Br)c(C(=O)Nc2ccc(Br)cc2[N+](=O)[O-])c1. The average molecular weight is 414 g/mol. The molecule has 0 aromatic heterocycles. The van der Waals surface area contributed by atoms with E-state index < -0.39 is 10.8 Å². The fourth-order valence-corrected chi connectivity index (χ4v) is 2.54. The van der Waals surface area contributed by atoms with E-state index >= 15 is 0 Å². The van der Waals surface area contributed by atoms with Gasteiger partial charge < -0.3 is 5.32 Å². The van der Waals surface area contributed by atoms with Gasteiger partial charge in [0.1, 0.15) is 5.69 Å². The van der Waals surface area contributed by atoms with Gasteiger partial charge in [0, 0.05) is 15.0 Å². The fraction of sp³-hybridized carbons (Fsp3) is 0.0714. The highest BCUT2D eigenvalue weighted by Crippen LogP contribution is 2.29. The van der Waals surface area contributed by atoms with Gasteiger partial charge in [-0.25, -0.2) is 0 Å². The van der Waals surface area contributed by atoms with E-state index in [4.69, 9.17) is 0 Å². The van der Waals surface area contributed by atoms with Crippen molar-refractivity contribution in [2.24, 2.45) is 0 Å². The summed E-state index contributed by atoms with van der Waals surface area (Å²) in [5.74, 6) is -0.406. The Balaban J connectivity index is 2.36. The van der Waals surface area contributed by atoms with Gasteiger partial charge in [0.25, 0.3) is 11.6 Å². The molecule has 2 aromatic carbocycles. The maximum absolute atomic E-state index is 12.3. The van der Waals surface area contributed by atoms with Crippen molar-refractivity contribution >= 4 is 49.1 Å². The second-order valence-corrected chi connectivity index (χ2v) is 6.13. The quantitative estimate of drug-likeness (QED) is 0.586. The van der Waals surface area contributed by atoms with Crippen LogP contribution in [0.2, 0.25) is 0 Å². The van der Waals surface area contributed by atoms with Crippen LogP contribution >= 0.6 is 31.9 Å². The molecular weight excluding hydrogens is 404 g/mol. The minimum atomic E-state index is -0.536. The number of nitrogens with zero attached hydrogens (tertiary/aromatic N) is 1. The molecule has 2 aromatic rings. The lowest BCUT2D eigenvalue weighted by Crippen LogP contribution is -2.14. The summed E-state index contributed by atoms with van der Waals surface area (Å²) in [4.78, 5) is 22.8. The number of benzene rings is 2. The monoisotopic (exact) mass is 412 g/mol. The molecule has 0 aliphatic rings. The Morgan fingerprint density at radius 3 is 2.57 bits per heavy atom. The van der Waals surface area contributed by atoms with Crippen LogP contribution in [0, 0.1) is 17.0 Å². The van der Waals surface area contributed by atoms with E-state index in [2.05, 4.69) is 37.2 Å². The number of hydrogen-bond acceptors (Lipinski definition) is 3. The summed E-state index contributed by atoms with van der Waals surface area (Å²) in [5, 5.41) is 13.6. The highest BCUT2D eigenvalue weighted by atomic mass is 79.9. The summed E-state index contributed by atoms with van der Waals surface area (Å²) >= 11 is 6.47. The van der Waals surface area contributed by atoms with Gasteiger partial charge in [0.05, 0.1) is 10.5 Å². The second kappa shape index (κ2) is 6.36. The maximum atomic E-state index is 12.3. The molecule has 0 aliphatic carbocycles. The Bertz CT molecular complexity index is 732. The van der Waals surface area contributed by atoms with Crippen molar-refractivity contribution in [3.63, 3.8) is 0 Å². The van der Waals surface area contributed by atoms with E-state index in [1.165, 1.54) is 12.1 Å². The van der Waals surface area contributed by atoms with Crippen LogP contribution < -0.4 is 5.32 Å². The molecule has 0 saturated carbocycles. The van der Waals surface area contributed by atoms with Gasteiger partial charge >= 0.3 is 0 Å². The number of carbonyl (C=O) groups is 1. The van der Waals surface area contributed by atoms with Crippen molar-refractivity contribution < 1.29 is 9.72 Å². The Morgan fingerprint density at radius 1 is 1.19 bits per heavy atom. The zero-order chi connectivity index (χ0) is 15.6. The van der Waals surface area contributed by atoms with Crippen molar-refractivity contribution in [2.75, 3.05) is 5.32 Å². The number of nitrogens with one attached hydrogen (secondary N) is 1. The summed E-state index contributed by atoms with van der Waals surface area (Å²) < 4.78 is 1.20. The third-order valence-corrected chi connectivity index (χ3v) is 3.96. The summed E-state index contributed by atoms with van der Waals surface area (Å²) in [5.41, 5.74) is 1.34. The van der Waals surface area contributed by atoms with E-state index in [-0.39, 0.29) is 11.4 Å². The number of rotatable bonds is 3. The van der Waals surface area contributed by atoms with E-state index in [0.29, 0.717) is 14.5 Å². The second-order valence-electron chi connectivity index (χ2n) is 4.36. The molecule has 0 spiro atoms. The first-order valence-corrected chi connectivity index (χ1v) is 7.48. The highest BCUT2D eigenvalue weighted by molar-refractivity contribution is 9.10. The van der Waals surface area contributed by atoms with Gasteiger partial charge in [-0.15, -0.1) is 0 Å². The van der Waals surface area contributed by atoms with E-state index in [1.54, 1.807) is 18.2 Å². The number of halogens is 2. The molecule has 0 radical (unpaired) electrons. The summed E-state index contributed by atoms with van der Waals surface area (Å²) in [6.45, 7) is 1.87. The molecule has 0 saturated heterocycles. The number of anilines is 1. The van der Waals surface area contributed by atoms with Crippen molar-refractivity contribution in [1.29, 1.82) is 0 Å². The number of nitro benzene ring substituents is 1. The molecule has 1 amide bonds. The predicted octanol–water partition coefficient (Wildman–Crippen LogP) is 4.68. The van der Waals surface area contributed by atoms with Gasteiger partial charge in [-0.05, 0) is 47.1 Å². The molecule has 108 valence electrons. The van der Waals surface area contributed by atoms with Crippen LogP contribution in [0.5, 0.6) is 0 Å². The molecule has 0 unspecified atom stereocenters. The lowest BCUT2D eigenvalue weighted by Gasteiger charge is -2.08. The normalized spacial score (nSPS) is 10.2. The van der Waals surface area contributed by atoms with Crippen LogP contribution in [0.25, 0.3) is 0 Å². The standard InChI is InChI=1S/C14H10Br2N2O3/c1-8-2-4-11(16)10(6-8)14(19)17-12-5-3-9(15)7-13(12)18(20)21/h2-7H,1H3,(H,17,19). The third-order valence-electron chi connectivity index (χ3n) is 2.77. The van der Waals surface area contributed by atoms with Crippen molar-refractivity contribution in [1.82, 2.24) is 0 Å². The molecule has 0 aliphatic heterocycles. The Labute approximate surface area is 137 Å². The van der Waals surface area contributed by atoms with Gasteiger partial charge in [-0.1, -0.05) is 27.6 Å². The zero-order valence-electron chi connectivity index (χ0n) is 10.9. The van der Waals surface area contributed by atoms with Gasteiger partial charge in [0.15, 0.2) is 0 Å². The molecule has 0 atom stereocenters. The lowest BCUT2D eigenvalue weighted by molar-refractivity contribution is -0.384. The van der Waals surface area contributed by atoms with Crippen LogP contribution in [0.4, 0.5) is 11.4 Å². The third kappa shape index (κ3) is 3.68. The van der Waals surface area contributed by atoms with E-state index in [0.717, 1.165) is 5.56 Å². The molecule has 5 nitrogen and oxygen atoms in total. The number of aryl methyl sites for hydroxylation is 1. The maximum Gasteiger partial charge on any atom is 0.293 e. The van der Waals surface area contributed by atoms with Gasteiger partial charge in [-0.3, -0.25) is 14.9 Å². The smallest absolute Gasteiger partial charge is 0.293 e. The first-order chi connectivity index (χ1) is 9.88. The van der Waals surface area contributed by atoms with Crippen LogP contribution in [0.15, 0.2) is 45.3 Å².